The molecule has 6 rings (SSSR count). The molecule has 3 aromatic carbocycles. The van der Waals surface area contributed by atoms with Crippen LogP contribution in [0.2, 0.25) is 0 Å². The molecule has 0 fully saturated rings. The molecule has 0 aliphatic heterocycles. The molecular formula is C33H26N6O3. The third-order valence-corrected chi connectivity index (χ3v) is 6.95. The Balaban J connectivity index is 1.41. The fourth-order valence-electron chi connectivity index (χ4n) is 4.84. The maximum atomic E-state index is 12.9. The number of methoxy groups -OCH3 is 1. The minimum atomic E-state index is -0.467. The van der Waals surface area contributed by atoms with Crippen molar-refractivity contribution in [3.8, 4) is 28.2 Å². The maximum Gasteiger partial charge on any atom is 0.337 e. The third kappa shape index (κ3) is 4.95. The second kappa shape index (κ2) is 11.0. The quantitative estimate of drug-likeness (QED) is 0.239. The number of hydrogen-bond donors (Lipinski definition) is 2. The van der Waals surface area contributed by atoms with Crippen LogP contribution in [0.4, 0.5) is 11.6 Å². The fourth-order valence-corrected chi connectivity index (χ4v) is 4.84. The van der Waals surface area contributed by atoms with Gasteiger partial charge in [0.1, 0.15) is 17.5 Å². The summed E-state index contributed by atoms with van der Waals surface area (Å²) < 4.78 is 6.74. The van der Waals surface area contributed by atoms with Gasteiger partial charge in [0.25, 0.3) is 5.91 Å². The largest absolute Gasteiger partial charge is 0.465 e. The minimum Gasteiger partial charge on any atom is -0.465 e. The van der Waals surface area contributed by atoms with E-state index >= 15 is 0 Å². The number of rotatable bonds is 6. The second-order valence-corrected chi connectivity index (χ2v) is 9.60. The van der Waals surface area contributed by atoms with E-state index in [9.17, 15) is 9.59 Å². The lowest BCUT2D eigenvalue weighted by molar-refractivity contribution is 0.0600. The van der Waals surface area contributed by atoms with Crippen molar-refractivity contribution in [2.24, 2.45) is 0 Å². The van der Waals surface area contributed by atoms with Gasteiger partial charge >= 0.3 is 5.97 Å². The van der Waals surface area contributed by atoms with Gasteiger partial charge in [-0.3, -0.25) is 9.36 Å². The molecule has 9 heteroatoms. The normalized spacial score (nSPS) is 10.9. The number of hydrogen-bond acceptors (Lipinski definition) is 7. The first kappa shape index (κ1) is 26.4. The summed E-state index contributed by atoms with van der Waals surface area (Å²) in [6.45, 7) is 1.87. The van der Waals surface area contributed by atoms with Gasteiger partial charge in [0.15, 0.2) is 0 Å². The molecule has 0 aliphatic rings. The number of pyridine rings is 2. The smallest absolute Gasteiger partial charge is 0.337 e. The van der Waals surface area contributed by atoms with Crippen molar-refractivity contribution in [2.45, 2.75) is 6.92 Å². The van der Waals surface area contributed by atoms with Gasteiger partial charge in [-0.05, 0) is 78.7 Å². The molecule has 42 heavy (non-hydrogen) atoms. The zero-order valence-electron chi connectivity index (χ0n) is 22.9. The first-order valence-corrected chi connectivity index (χ1v) is 13.2. The molecule has 0 radical (unpaired) electrons. The highest BCUT2D eigenvalue weighted by molar-refractivity contribution is 6.04. The number of esters is 1. The van der Waals surface area contributed by atoms with Gasteiger partial charge in [-0.2, -0.15) is 0 Å². The van der Waals surface area contributed by atoms with Gasteiger partial charge in [0.05, 0.1) is 40.7 Å². The van der Waals surface area contributed by atoms with Crippen LogP contribution >= 0.6 is 0 Å². The zero-order valence-corrected chi connectivity index (χ0v) is 22.9. The Labute approximate surface area is 241 Å². The number of amides is 1. The van der Waals surface area contributed by atoms with Crippen molar-refractivity contribution in [3.05, 3.63) is 120 Å². The first-order chi connectivity index (χ1) is 20.4. The fraction of sp³-hybridized carbons (Fsp3) is 0.0606. The predicted molar refractivity (Wildman–Crippen MR) is 162 cm³/mol. The van der Waals surface area contributed by atoms with Crippen molar-refractivity contribution >= 4 is 34.5 Å². The Kier molecular flexibility index (Phi) is 6.90. The van der Waals surface area contributed by atoms with Crippen molar-refractivity contribution in [1.29, 1.82) is 0 Å². The van der Waals surface area contributed by atoms with Gasteiger partial charge in [-0.1, -0.05) is 36.4 Å². The SMILES string of the molecule is COC(=O)c1ccc(C(=O)Nc2ccc(-n3c(-c4cccnc4N)nc4ccc(-c5ccccc5)cc43)c(C)n2)cc1. The highest BCUT2D eigenvalue weighted by Gasteiger charge is 2.20. The van der Waals surface area contributed by atoms with Crippen LogP contribution in [0.25, 0.3) is 39.2 Å². The molecule has 0 bridgehead atoms. The average molecular weight is 555 g/mol. The summed E-state index contributed by atoms with van der Waals surface area (Å²) in [5.74, 6) is 0.564. The molecule has 3 aromatic heterocycles. The number of nitrogen functional groups attached to an aromatic ring is 1. The Bertz CT molecular complexity index is 1950. The summed E-state index contributed by atoms with van der Waals surface area (Å²) in [5.41, 5.74) is 13.0. The molecule has 6 aromatic rings. The van der Waals surface area contributed by atoms with Crippen molar-refractivity contribution in [1.82, 2.24) is 19.5 Å². The zero-order chi connectivity index (χ0) is 29.2. The van der Waals surface area contributed by atoms with Gasteiger partial charge in [0.2, 0.25) is 0 Å². The molecule has 0 spiro atoms. The van der Waals surface area contributed by atoms with E-state index in [1.165, 1.54) is 7.11 Å². The van der Waals surface area contributed by atoms with Crippen LogP contribution in [0.5, 0.6) is 0 Å². The maximum absolute atomic E-state index is 12.9. The molecule has 9 nitrogen and oxygen atoms in total. The number of benzene rings is 3. The summed E-state index contributed by atoms with van der Waals surface area (Å²) in [7, 11) is 1.31. The van der Waals surface area contributed by atoms with Gasteiger partial charge in [-0.25, -0.2) is 19.7 Å². The highest BCUT2D eigenvalue weighted by Crippen LogP contribution is 2.34. The number of ether oxygens (including phenoxy) is 1. The number of nitrogens with one attached hydrogen (secondary N) is 1. The Hall–Kier alpha value is -5.83. The predicted octanol–water partition coefficient (Wildman–Crippen LogP) is 6.08. The second-order valence-electron chi connectivity index (χ2n) is 9.60. The number of aryl methyl sites for hydroxylation is 1. The number of nitrogens with two attached hydrogens (primary N) is 1. The van der Waals surface area contributed by atoms with Crippen LogP contribution in [0, 0.1) is 6.92 Å². The topological polar surface area (TPSA) is 125 Å². The average Bonchev–Trinajstić information content (AvgIpc) is 3.39. The number of carbonyl (C=O) groups is 2. The van der Waals surface area contributed by atoms with Crippen LogP contribution in [0.1, 0.15) is 26.4 Å². The third-order valence-electron chi connectivity index (χ3n) is 6.95. The number of aromatic nitrogens is 4. The molecule has 3 N–H and O–H groups in total. The van der Waals surface area contributed by atoms with Crippen LogP contribution in [-0.2, 0) is 4.74 Å². The standard InChI is InChI=1S/C33H26N6O3/c1-20-27(16-17-29(36-20)38-32(40)22-10-12-23(13-11-22)33(41)42-2)39-28-19-24(21-7-4-3-5-8-21)14-15-26(28)37-31(39)25-9-6-18-35-30(25)34/h3-19H,1-2H3,(H2,34,35)(H,36,38,40). The molecule has 0 atom stereocenters. The molecular weight excluding hydrogens is 528 g/mol. The van der Waals surface area contributed by atoms with Crippen LogP contribution in [0.15, 0.2) is 103 Å². The van der Waals surface area contributed by atoms with E-state index in [1.807, 2.05) is 60.0 Å². The lowest BCUT2D eigenvalue weighted by Crippen LogP contribution is -2.14. The monoisotopic (exact) mass is 554 g/mol. The van der Waals surface area contributed by atoms with Gasteiger partial charge in [0, 0.05) is 11.8 Å². The van der Waals surface area contributed by atoms with Crippen molar-refractivity contribution in [3.63, 3.8) is 0 Å². The number of anilines is 2. The molecule has 0 unspecified atom stereocenters. The first-order valence-electron chi connectivity index (χ1n) is 13.2. The summed E-state index contributed by atoms with van der Waals surface area (Å²) in [6.07, 6.45) is 1.65. The van der Waals surface area contributed by atoms with E-state index in [-0.39, 0.29) is 5.91 Å². The number of imidazole rings is 1. The van der Waals surface area contributed by atoms with E-state index in [0.717, 1.165) is 27.8 Å². The lowest BCUT2D eigenvalue weighted by Gasteiger charge is -2.14. The van der Waals surface area contributed by atoms with Gasteiger partial charge < -0.3 is 15.8 Å². The Morgan fingerprint density at radius 1 is 0.833 bits per heavy atom. The molecule has 1 amide bonds. The number of fused-ring (bicyclic) bond motifs is 1. The van der Waals surface area contributed by atoms with Crippen LogP contribution < -0.4 is 11.1 Å². The summed E-state index contributed by atoms with van der Waals surface area (Å²) >= 11 is 0. The highest BCUT2D eigenvalue weighted by atomic mass is 16.5. The number of carbonyl (C=O) groups excluding carboxylic acids is 2. The van der Waals surface area contributed by atoms with Crippen molar-refractivity contribution in [2.75, 3.05) is 18.2 Å². The van der Waals surface area contributed by atoms with E-state index in [4.69, 9.17) is 20.4 Å². The summed E-state index contributed by atoms with van der Waals surface area (Å²) in [4.78, 5) is 38.5. The molecule has 3 heterocycles. The minimum absolute atomic E-state index is 0.351. The molecule has 0 aliphatic carbocycles. The van der Waals surface area contributed by atoms with Crippen molar-refractivity contribution < 1.29 is 14.3 Å². The summed E-state index contributed by atoms with van der Waals surface area (Å²) in [5, 5.41) is 2.84. The van der Waals surface area contributed by atoms with Gasteiger partial charge in [-0.15, -0.1) is 0 Å². The lowest BCUT2D eigenvalue weighted by atomic mass is 10.1. The molecule has 0 saturated carbocycles. The van der Waals surface area contributed by atoms with E-state index in [2.05, 4.69) is 28.5 Å². The van der Waals surface area contributed by atoms with Crippen LogP contribution in [0.3, 0.4) is 0 Å². The van der Waals surface area contributed by atoms with E-state index in [1.54, 1.807) is 36.5 Å². The van der Waals surface area contributed by atoms with E-state index < -0.39 is 5.97 Å². The molecule has 206 valence electrons. The van der Waals surface area contributed by atoms with Crippen LogP contribution in [-0.4, -0.2) is 38.5 Å². The van der Waals surface area contributed by atoms with E-state index in [0.29, 0.717) is 39.8 Å². The summed E-state index contributed by atoms with van der Waals surface area (Å²) in [6, 6.07) is 29.8. The number of nitrogens with zero attached hydrogens (tertiary/aromatic N) is 4. The Morgan fingerprint density at radius 3 is 2.31 bits per heavy atom. The molecule has 0 saturated heterocycles. The Morgan fingerprint density at radius 2 is 1.60 bits per heavy atom.